The van der Waals surface area contributed by atoms with Crippen molar-refractivity contribution in [3.05, 3.63) is 48.5 Å². The van der Waals surface area contributed by atoms with Crippen LogP contribution in [0.2, 0.25) is 0 Å². The summed E-state index contributed by atoms with van der Waals surface area (Å²) < 4.78 is 0. The lowest BCUT2D eigenvalue weighted by molar-refractivity contribution is -0.116. The van der Waals surface area contributed by atoms with Crippen LogP contribution in [-0.2, 0) is 4.79 Å². The number of nitrogens with two attached hydrogens (primary N) is 1. The fourth-order valence-corrected chi connectivity index (χ4v) is 2.26. The first kappa shape index (κ1) is 16.0. The van der Waals surface area contributed by atoms with Gasteiger partial charge in [-0.25, -0.2) is 0 Å². The molecule has 116 valence electrons. The molecule has 0 bridgehead atoms. The van der Waals surface area contributed by atoms with Gasteiger partial charge >= 0.3 is 0 Å². The number of unbranched alkanes of at least 4 members (excludes halogenated alkanes) is 2. The second kappa shape index (κ2) is 8.20. The molecule has 0 radical (unpaired) electrons. The van der Waals surface area contributed by atoms with Crippen molar-refractivity contribution >= 4 is 17.3 Å². The highest BCUT2D eigenvalue weighted by atomic mass is 16.2. The van der Waals surface area contributed by atoms with Gasteiger partial charge in [-0.2, -0.15) is 0 Å². The first-order valence-corrected chi connectivity index (χ1v) is 7.56. The van der Waals surface area contributed by atoms with Crippen molar-refractivity contribution in [2.24, 2.45) is 0 Å². The molecular weight excluding hydrogens is 276 g/mol. The molecule has 0 aromatic heterocycles. The van der Waals surface area contributed by atoms with Crippen LogP contribution < -0.4 is 11.1 Å². The van der Waals surface area contributed by atoms with Gasteiger partial charge in [0, 0.05) is 13.0 Å². The molecule has 0 heterocycles. The maximum atomic E-state index is 11.9. The van der Waals surface area contributed by atoms with Gasteiger partial charge in [0.2, 0.25) is 5.91 Å². The smallest absolute Gasteiger partial charge is 0.224 e. The van der Waals surface area contributed by atoms with Crippen LogP contribution >= 0.6 is 0 Å². The fourth-order valence-electron chi connectivity index (χ4n) is 2.26. The summed E-state index contributed by atoms with van der Waals surface area (Å²) in [5.74, 6) is -0.0464. The number of hydrogen-bond acceptors (Lipinski definition) is 3. The summed E-state index contributed by atoms with van der Waals surface area (Å²) >= 11 is 0. The van der Waals surface area contributed by atoms with Crippen molar-refractivity contribution in [1.82, 2.24) is 0 Å². The van der Waals surface area contributed by atoms with E-state index in [0.717, 1.165) is 30.4 Å². The molecule has 2 rings (SSSR count). The zero-order chi connectivity index (χ0) is 15.8. The maximum Gasteiger partial charge on any atom is 0.224 e. The first-order chi connectivity index (χ1) is 10.7. The molecule has 0 fully saturated rings. The van der Waals surface area contributed by atoms with E-state index in [0.29, 0.717) is 17.8 Å². The van der Waals surface area contributed by atoms with E-state index in [2.05, 4.69) is 5.32 Å². The Morgan fingerprint density at radius 3 is 2.50 bits per heavy atom. The standard InChI is InChI=1S/C18H22N2O2/c19-16-11-10-15(14-7-3-1-4-8-14)13-17(16)20-18(22)9-5-2-6-12-21/h1,3-4,7-8,10-11,13,21H,2,5-6,9,12,19H2,(H,20,22). The van der Waals surface area contributed by atoms with E-state index in [1.165, 1.54) is 0 Å². The van der Waals surface area contributed by atoms with Gasteiger partial charge < -0.3 is 16.2 Å². The minimum Gasteiger partial charge on any atom is -0.397 e. The van der Waals surface area contributed by atoms with Crippen LogP contribution in [0.1, 0.15) is 25.7 Å². The van der Waals surface area contributed by atoms with Crippen LogP contribution in [0, 0.1) is 0 Å². The van der Waals surface area contributed by atoms with Crippen LogP contribution in [0.3, 0.4) is 0 Å². The highest BCUT2D eigenvalue weighted by molar-refractivity contribution is 5.94. The molecule has 4 N–H and O–H groups in total. The Balaban J connectivity index is 2.03. The lowest BCUT2D eigenvalue weighted by Gasteiger charge is -2.11. The van der Waals surface area contributed by atoms with E-state index in [1.54, 1.807) is 0 Å². The van der Waals surface area contributed by atoms with Crippen LogP contribution in [-0.4, -0.2) is 17.6 Å². The van der Waals surface area contributed by atoms with E-state index in [-0.39, 0.29) is 12.5 Å². The van der Waals surface area contributed by atoms with Crippen molar-refractivity contribution in [2.45, 2.75) is 25.7 Å². The molecule has 0 aliphatic heterocycles. The zero-order valence-electron chi connectivity index (χ0n) is 12.6. The number of hydrogen-bond donors (Lipinski definition) is 3. The van der Waals surface area contributed by atoms with Gasteiger partial charge in [0.1, 0.15) is 0 Å². The summed E-state index contributed by atoms with van der Waals surface area (Å²) in [7, 11) is 0. The highest BCUT2D eigenvalue weighted by Crippen LogP contribution is 2.27. The minimum atomic E-state index is -0.0464. The van der Waals surface area contributed by atoms with Crippen LogP contribution in [0.4, 0.5) is 11.4 Å². The molecule has 1 amide bonds. The summed E-state index contributed by atoms with van der Waals surface area (Å²) in [4.78, 5) is 11.9. The number of aliphatic hydroxyl groups is 1. The number of carbonyl (C=O) groups excluding carboxylic acids is 1. The Hall–Kier alpha value is -2.33. The molecule has 2 aromatic carbocycles. The molecule has 0 aliphatic carbocycles. The van der Waals surface area contributed by atoms with E-state index < -0.39 is 0 Å². The number of nitrogen functional groups attached to an aromatic ring is 1. The molecule has 0 unspecified atom stereocenters. The SMILES string of the molecule is Nc1ccc(-c2ccccc2)cc1NC(=O)CCCCCO. The molecule has 22 heavy (non-hydrogen) atoms. The van der Waals surface area contributed by atoms with E-state index in [4.69, 9.17) is 10.8 Å². The molecule has 4 heteroatoms. The van der Waals surface area contributed by atoms with E-state index >= 15 is 0 Å². The Bertz CT molecular complexity index is 612. The quantitative estimate of drug-likeness (QED) is 0.541. The van der Waals surface area contributed by atoms with E-state index in [1.807, 2.05) is 48.5 Å². The number of nitrogens with one attached hydrogen (secondary N) is 1. The Labute approximate surface area is 131 Å². The lowest BCUT2D eigenvalue weighted by Crippen LogP contribution is -2.12. The Morgan fingerprint density at radius 2 is 1.77 bits per heavy atom. The van der Waals surface area contributed by atoms with Crippen LogP contribution in [0.25, 0.3) is 11.1 Å². The minimum absolute atomic E-state index is 0.0464. The Morgan fingerprint density at radius 1 is 1.00 bits per heavy atom. The number of benzene rings is 2. The summed E-state index contributed by atoms with van der Waals surface area (Å²) in [5.41, 5.74) is 9.25. The van der Waals surface area contributed by atoms with Gasteiger partial charge in [0.25, 0.3) is 0 Å². The average molecular weight is 298 g/mol. The van der Waals surface area contributed by atoms with Crippen molar-refractivity contribution in [2.75, 3.05) is 17.7 Å². The van der Waals surface area contributed by atoms with Crippen molar-refractivity contribution in [1.29, 1.82) is 0 Å². The fraction of sp³-hybridized carbons (Fsp3) is 0.278. The molecule has 4 nitrogen and oxygen atoms in total. The highest BCUT2D eigenvalue weighted by Gasteiger charge is 2.07. The third kappa shape index (κ3) is 4.60. The summed E-state index contributed by atoms with van der Waals surface area (Å²) in [6, 6.07) is 15.6. The topological polar surface area (TPSA) is 75.3 Å². The molecule has 0 spiro atoms. The Kier molecular flexibility index (Phi) is 5.98. The number of anilines is 2. The molecule has 2 aromatic rings. The number of carbonyl (C=O) groups is 1. The summed E-state index contributed by atoms with van der Waals surface area (Å²) in [6.45, 7) is 0.174. The van der Waals surface area contributed by atoms with Gasteiger partial charge in [-0.15, -0.1) is 0 Å². The van der Waals surface area contributed by atoms with Crippen LogP contribution in [0.15, 0.2) is 48.5 Å². The monoisotopic (exact) mass is 298 g/mol. The lowest BCUT2D eigenvalue weighted by atomic mass is 10.0. The molecule has 0 saturated heterocycles. The summed E-state index contributed by atoms with van der Waals surface area (Å²) in [5, 5.41) is 11.6. The summed E-state index contributed by atoms with van der Waals surface area (Å²) in [6.07, 6.45) is 2.79. The third-order valence-electron chi connectivity index (χ3n) is 3.50. The first-order valence-electron chi connectivity index (χ1n) is 7.56. The predicted molar refractivity (Wildman–Crippen MR) is 90.5 cm³/mol. The van der Waals surface area contributed by atoms with Gasteiger partial charge in [0.05, 0.1) is 11.4 Å². The zero-order valence-corrected chi connectivity index (χ0v) is 12.6. The molecular formula is C18H22N2O2. The molecule has 0 atom stereocenters. The van der Waals surface area contributed by atoms with Gasteiger partial charge in [-0.05, 0) is 36.1 Å². The number of amides is 1. The largest absolute Gasteiger partial charge is 0.397 e. The van der Waals surface area contributed by atoms with Crippen molar-refractivity contribution in [3.63, 3.8) is 0 Å². The normalized spacial score (nSPS) is 10.4. The van der Waals surface area contributed by atoms with Gasteiger partial charge in [-0.1, -0.05) is 42.8 Å². The predicted octanol–water partition coefficient (Wildman–Crippen LogP) is 3.43. The van der Waals surface area contributed by atoms with Crippen molar-refractivity contribution < 1.29 is 9.90 Å². The number of rotatable bonds is 7. The number of aliphatic hydroxyl groups excluding tert-OH is 1. The van der Waals surface area contributed by atoms with Gasteiger partial charge in [-0.3, -0.25) is 4.79 Å². The second-order valence-electron chi connectivity index (χ2n) is 5.25. The molecule has 0 aliphatic rings. The molecule has 0 saturated carbocycles. The average Bonchev–Trinajstić information content (AvgIpc) is 2.54. The van der Waals surface area contributed by atoms with Crippen LogP contribution in [0.5, 0.6) is 0 Å². The van der Waals surface area contributed by atoms with Gasteiger partial charge in [0.15, 0.2) is 0 Å². The second-order valence-corrected chi connectivity index (χ2v) is 5.25. The van der Waals surface area contributed by atoms with Crippen molar-refractivity contribution in [3.8, 4) is 11.1 Å². The van der Waals surface area contributed by atoms with E-state index in [9.17, 15) is 4.79 Å². The third-order valence-corrected chi connectivity index (χ3v) is 3.50. The maximum absolute atomic E-state index is 11.9.